The maximum atomic E-state index is 12.2. The van der Waals surface area contributed by atoms with Crippen LogP contribution in [0.1, 0.15) is 28.9 Å². The molecule has 0 heterocycles. The van der Waals surface area contributed by atoms with Crippen molar-refractivity contribution in [3.63, 3.8) is 0 Å². The third-order valence-corrected chi connectivity index (χ3v) is 3.28. The molecule has 0 bridgehead atoms. The van der Waals surface area contributed by atoms with E-state index in [1.54, 1.807) is 0 Å². The lowest BCUT2D eigenvalue weighted by molar-refractivity contribution is -0.385. The lowest BCUT2D eigenvalue weighted by atomic mass is 10.1. The number of nitrogens with one attached hydrogen (secondary N) is 1. The number of carbonyl (C=O) groups excluding carboxylic acids is 1. The van der Waals surface area contributed by atoms with Gasteiger partial charge in [0.1, 0.15) is 5.56 Å². The molecule has 0 spiro atoms. The summed E-state index contributed by atoms with van der Waals surface area (Å²) in [7, 11) is 0. The van der Waals surface area contributed by atoms with Crippen molar-refractivity contribution in [2.45, 2.75) is 13.0 Å². The van der Waals surface area contributed by atoms with E-state index in [1.165, 1.54) is 18.2 Å². The Hall–Kier alpha value is -2.40. The molecule has 0 saturated heterocycles. The van der Waals surface area contributed by atoms with Gasteiger partial charge in [0.25, 0.3) is 11.6 Å². The summed E-state index contributed by atoms with van der Waals surface area (Å²) in [6, 6.07) is 13.0. The molecule has 0 aliphatic carbocycles. The van der Waals surface area contributed by atoms with Crippen molar-refractivity contribution < 1.29 is 9.72 Å². The van der Waals surface area contributed by atoms with E-state index >= 15 is 0 Å². The minimum absolute atomic E-state index is 0.0460. The first-order valence-electron chi connectivity index (χ1n) is 6.29. The normalized spacial score (nSPS) is 11.7. The zero-order valence-corrected chi connectivity index (χ0v) is 12.0. The largest absolute Gasteiger partial charge is 0.345 e. The Morgan fingerprint density at radius 1 is 1.24 bits per heavy atom. The molecule has 1 unspecified atom stereocenters. The number of nitrogens with zero attached hydrogens (tertiary/aromatic N) is 1. The number of hydrogen-bond donors (Lipinski definition) is 1. The highest BCUT2D eigenvalue weighted by molar-refractivity contribution is 6.31. The van der Waals surface area contributed by atoms with E-state index in [0.717, 1.165) is 5.56 Å². The first-order valence-corrected chi connectivity index (χ1v) is 6.66. The van der Waals surface area contributed by atoms with Gasteiger partial charge in [0.2, 0.25) is 0 Å². The number of nitro benzene ring substituents is 1. The average Bonchev–Trinajstić information content (AvgIpc) is 2.47. The summed E-state index contributed by atoms with van der Waals surface area (Å²) in [6.45, 7) is 1.81. The van der Waals surface area contributed by atoms with Crippen LogP contribution in [0.2, 0.25) is 5.02 Å². The van der Waals surface area contributed by atoms with Gasteiger partial charge in [0.15, 0.2) is 0 Å². The molecule has 0 aliphatic heterocycles. The smallest absolute Gasteiger partial charge is 0.282 e. The van der Waals surface area contributed by atoms with Gasteiger partial charge in [-0.25, -0.2) is 0 Å². The minimum atomic E-state index is -0.599. The second-order valence-corrected chi connectivity index (χ2v) is 4.96. The lowest BCUT2D eigenvalue weighted by Crippen LogP contribution is -2.27. The van der Waals surface area contributed by atoms with E-state index in [2.05, 4.69) is 5.32 Å². The highest BCUT2D eigenvalue weighted by Gasteiger charge is 2.21. The Morgan fingerprint density at radius 3 is 2.52 bits per heavy atom. The number of benzene rings is 2. The molecule has 0 saturated carbocycles. The van der Waals surface area contributed by atoms with Crippen molar-refractivity contribution in [2.75, 3.05) is 0 Å². The first kappa shape index (κ1) is 15.0. The molecule has 0 aromatic heterocycles. The quantitative estimate of drug-likeness (QED) is 0.691. The van der Waals surface area contributed by atoms with Gasteiger partial charge in [-0.15, -0.1) is 0 Å². The van der Waals surface area contributed by atoms with E-state index in [4.69, 9.17) is 11.6 Å². The fraction of sp³-hybridized carbons (Fsp3) is 0.133. The van der Waals surface area contributed by atoms with Crippen molar-refractivity contribution in [2.24, 2.45) is 0 Å². The first-order chi connectivity index (χ1) is 9.99. The van der Waals surface area contributed by atoms with Gasteiger partial charge >= 0.3 is 0 Å². The molecular weight excluding hydrogens is 292 g/mol. The minimum Gasteiger partial charge on any atom is -0.345 e. The van der Waals surface area contributed by atoms with Crippen LogP contribution in [-0.4, -0.2) is 10.8 Å². The fourth-order valence-electron chi connectivity index (χ4n) is 1.95. The van der Waals surface area contributed by atoms with Gasteiger partial charge in [-0.3, -0.25) is 14.9 Å². The molecule has 108 valence electrons. The molecule has 2 rings (SSSR count). The van der Waals surface area contributed by atoms with Crippen LogP contribution in [0, 0.1) is 10.1 Å². The van der Waals surface area contributed by atoms with E-state index in [1.807, 2.05) is 37.3 Å². The Kier molecular flexibility index (Phi) is 4.55. The Balaban J connectivity index is 2.25. The molecule has 5 nitrogen and oxygen atoms in total. The van der Waals surface area contributed by atoms with Crippen LogP contribution < -0.4 is 5.32 Å². The number of amides is 1. The molecular formula is C15H13ClN2O3. The summed E-state index contributed by atoms with van der Waals surface area (Å²) < 4.78 is 0. The lowest BCUT2D eigenvalue weighted by Gasteiger charge is -2.14. The molecule has 2 aromatic carbocycles. The zero-order chi connectivity index (χ0) is 15.4. The molecule has 1 amide bonds. The summed E-state index contributed by atoms with van der Waals surface area (Å²) in [5, 5.41) is 14.0. The van der Waals surface area contributed by atoms with E-state index < -0.39 is 10.8 Å². The van der Waals surface area contributed by atoms with Crippen LogP contribution in [-0.2, 0) is 0 Å². The number of nitro groups is 1. The molecule has 1 N–H and O–H groups in total. The Morgan fingerprint density at radius 2 is 1.90 bits per heavy atom. The van der Waals surface area contributed by atoms with Crippen molar-refractivity contribution in [1.82, 2.24) is 5.32 Å². The van der Waals surface area contributed by atoms with Crippen molar-refractivity contribution in [1.29, 1.82) is 0 Å². The molecule has 6 heteroatoms. The van der Waals surface area contributed by atoms with Crippen LogP contribution in [0.15, 0.2) is 48.5 Å². The van der Waals surface area contributed by atoms with Crippen LogP contribution in [0.5, 0.6) is 0 Å². The van der Waals surface area contributed by atoms with Gasteiger partial charge in [-0.2, -0.15) is 0 Å². The topological polar surface area (TPSA) is 72.2 Å². The molecule has 0 aliphatic rings. The standard InChI is InChI=1S/C15H13ClN2O3/c1-10(11-5-3-2-4-6-11)17-15(19)13-9-12(16)7-8-14(13)18(20)21/h2-10H,1H3,(H,17,19). The fourth-order valence-corrected chi connectivity index (χ4v) is 2.12. The van der Waals surface area contributed by atoms with Gasteiger partial charge in [-0.05, 0) is 24.6 Å². The highest BCUT2D eigenvalue weighted by Crippen LogP contribution is 2.23. The molecule has 21 heavy (non-hydrogen) atoms. The number of carbonyl (C=O) groups is 1. The SMILES string of the molecule is CC(NC(=O)c1cc(Cl)ccc1[N+](=O)[O-])c1ccccc1. The zero-order valence-electron chi connectivity index (χ0n) is 11.2. The monoisotopic (exact) mass is 304 g/mol. The predicted octanol–water partition coefficient (Wildman–Crippen LogP) is 3.74. The average molecular weight is 305 g/mol. The van der Waals surface area contributed by atoms with Gasteiger partial charge < -0.3 is 5.32 Å². The highest BCUT2D eigenvalue weighted by atomic mass is 35.5. The number of halogens is 1. The van der Waals surface area contributed by atoms with E-state index in [0.29, 0.717) is 0 Å². The van der Waals surface area contributed by atoms with Gasteiger partial charge in [-0.1, -0.05) is 41.9 Å². The second-order valence-electron chi connectivity index (χ2n) is 4.52. The van der Waals surface area contributed by atoms with E-state index in [9.17, 15) is 14.9 Å². The molecule has 0 radical (unpaired) electrons. The van der Waals surface area contributed by atoms with Crippen molar-refractivity contribution in [3.8, 4) is 0 Å². The maximum Gasteiger partial charge on any atom is 0.282 e. The summed E-state index contributed by atoms with van der Waals surface area (Å²) in [5.74, 6) is -0.527. The second kappa shape index (κ2) is 6.37. The number of rotatable bonds is 4. The van der Waals surface area contributed by atoms with Gasteiger partial charge in [0, 0.05) is 11.1 Å². The Bertz CT molecular complexity index is 674. The predicted molar refractivity (Wildman–Crippen MR) is 80.4 cm³/mol. The van der Waals surface area contributed by atoms with Crippen LogP contribution >= 0.6 is 11.6 Å². The van der Waals surface area contributed by atoms with Crippen LogP contribution in [0.25, 0.3) is 0 Å². The third kappa shape index (κ3) is 3.58. The van der Waals surface area contributed by atoms with Crippen molar-refractivity contribution in [3.05, 3.63) is 74.8 Å². The summed E-state index contributed by atoms with van der Waals surface area (Å²) >= 11 is 5.82. The van der Waals surface area contributed by atoms with Crippen LogP contribution in [0.3, 0.4) is 0 Å². The Labute approximate surface area is 126 Å². The third-order valence-electron chi connectivity index (χ3n) is 3.05. The summed E-state index contributed by atoms with van der Waals surface area (Å²) in [6.07, 6.45) is 0. The molecule has 0 fully saturated rings. The summed E-state index contributed by atoms with van der Waals surface area (Å²) in [4.78, 5) is 22.6. The molecule has 1 atom stereocenters. The maximum absolute atomic E-state index is 12.2. The van der Waals surface area contributed by atoms with Crippen molar-refractivity contribution >= 4 is 23.2 Å². The number of hydrogen-bond acceptors (Lipinski definition) is 3. The van der Waals surface area contributed by atoms with E-state index in [-0.39, 0.29) is 22.3 Å². The molecule has 2 aromatic rings. The summed E-state index contributed by atoms with van der Waals surface area (Å²) in [5.41, 5.74) is 0.600. The van der Waals surface area contributed by atoms with Gasteiger partial charge in [0.05, 0.1) is 11.0 Å². The van der Waals surface area contributed by atoms with Crippen LogP contribution in [0.4, 0.5) is 5.69 Å².